The molecule has 0 spiro atoms. The number of rotatable bonds is 1. The normalized spacial score (nSPS) is 14.6. The third-order valence-corrected chi connectivity index (χ3v) is 2.12. The summed E-state index contributed by atoms with van der Waals surface area (Å²) in [5.74, 6) is 0.0294. The quantitative estimate of drug-likeness (QED) is 0.687. The molecule has 1 heterocycles. The van der Waals surface area contributed by atoms with Crippen LogP contribution in [-0.2, 0) is 0 Å². The third kappa shape index (κ3) is 1.32. The number of hydrogen-bond acceptors (Lipinski definition) is 3. The van der Waals surface area contributed by atoms with Gasteiger partial charge in [0.1, 0.15) is 5.82 Å². The summed E-state index contributed by atoms with van der Waals surface area (Å²) >= 11 is 0. The highest BCUT2D eigenvalue weighted by atomic mass is 19.1. The molecule has 0 atom stereocenters. The molecule has 0 N–H and O–H groups in total. The Morgan fingerprint density at radius 1 is 1.50 bits per heavy atom. The molecule has 4 heteroatoms. The van der Waals surface area contributed by atoms with Crippen LogP contribution in [0.1, 0.15) is 16.8 Å². The van der Waals surface area contributed by atoms with Crippen molar-refractivity contribution >= 4 is 5.78 Å². The molecule has 3 nitrogen and oxygen atoms in total. The number of ketones is 1. The Morgan fingerprint density at radius 2 is 2.29 bits per heavy atom. The standard InChI is InChI=1S/C10H9FO3/c1-13-9-5-6(11)4-7-8(12)2-3-14-10(7)9/h4-5H,2-3H2,1H3. The SMILES string of the molecule is COc1cc(F)cc2c1OCCC2=O. The van der Waals surface area contributed by atoms with Crippen LogP contribution in [0.4, 0.5) is 4.39 Å². The van der Waals surface area contributed by atoms with Crippen molar-refractivity contribution in [1.82, 2.24) is 0 Å². The largest absolute Gasteiger partial charge is 0.493 e. The second kappa shape index (κ2) is 3.29. The predicted molar refractivity (Wildman–Crippen MR) is 47.4 cm³/mol. The Balaban J connectivity index is 2.60. The molecule has 1 aromatic carbocycles. The summed E-state index contributed by atoms with van der Waals surface area (Å²) in [5.41, 5.74) is 0.271. The van der Waals surface area contributed by atoms with Crippen LogP contribution in [0.5, 0.6) is 11.5 Å². The molecular weight excluding hydrogens is 187 g/mol. The van der Waals surface area contributed by atoms with E-state index in [1.165, 1.54) is 19.2 Å². The van der Waals surface area contributed by atoms with E-state index in [2.05, 4.69) is 0 Å². The lowest BCUT2D eigenvalue weighted by molar-refractivity contribution is 0.0929. The smallest absolute Gasteiger partial charge is 0.172 e. The molecule has 1 aliphatic heterocycles. The number of benzene rings is 1. The van der Waals surface area contributed by atoms with Crippen molar-refractivity contribution in [2.24, 2.45) is 0 Å². The first-order chi connectivity index (χ1) is 6.72. The zero-order chi connectivity index (χ0) is 10.1. The first-order valence-corrected chi connectivity index (χ1v) is 4.26. The van der Waals surface area contributed by atoms with Crippen molar-refractivity contribution < 1.29 is 18.7 Å². The van der Waals surface area contributed by atoms with Crippen LogP contribution in [0, 0.1) is 5.82 Å². The molecule has 0 amide bonds. The van der Waals surface area contributed by atoms with Crippen molar-refractivity contribution in [1.29, 1.82) is 0 Å². The molecule has 0 aromatic heterocycles. The first kappa shape index (κ1) is 8.99. The highest BCUT2D eigenvalue weighted by Crippen LogP contribution is 2.35. The number of halogens is 1. The Kier molecular flexibility index (Phi) is 2.11. The average Bonchev–Trinajstić information content (AvgIpc) is 2.18. The van der Waals surface area contributed by atoms with Crippen molar-refractivity contribution in [2.45, 2.75) is 6.42 Å². The predicted octanol–water partition coefficient (Wildman–Crippen LogP) is 1.80. The van der Waals surface area contributed by atoms with Crippen molar-refractivity contribution in [2.75, 3.05) is 13.7 Å². The van der Waals surface area contributed by atoms with Gasteiger partial charge in [0, 0.05) is 12.5 Å². The molecule has 0 saturated heterocycles. The van der Waals surface area contributed by atoms with Crippen LogP contribution in [-0.4, -0.2) is 19.5 Å². The summed E-state index contributed by atoms with van der Waals surface area (Å²) in [6, 6.07) is 2.39. The van der Waals surface area contributed by atoms with E-state index in [0.29, 0.717) is 18.8 Å². The van der Waals surface area contributed by atoms with Gasteiger partial charge < -0.3 is 9.47 Å². The number of fused-ring (bicyclic) bond motifs is 1. The van der Waals surface area contributed by atoms with Crippen LogP contribution in [0.15, 0.2) is 12.1 Å². The molecule has 1 aliphatic rings. The minimum atomic E-state index is -0.487. The van der Waals surface area contributed by atoms with E-state index in [0.717, 1.165) is 0 Å². The molecule has 0 aliphatic carbocycles. The van der Waals surface area contributed by atoms with E-state index in [9.17, 15) is 9.18 Å². The van der Waals surface area contributed by atoms with Crippen molar-refractivity contribution in [3.8, 4) is 11.5 Å². The molecular formula is C10H9FO3. The van der Waals surface area contributed by atoms with E-state index in [4.69, 9.17) is 9.47 Å². The van der Waals surface area contributed by atoms with Crippen molar-refractivity contribution in [3.05, 3.63) is 23.5 Å². The average molecular weight is 196 g/mol. The van der Waals surface area contributed by atoms with Gasteiger partial charge in [-0.1, -0.05) is 0 Å². The zero-order valence-electron chi connectivity index (χ0n) is 7.67. The minimum absolute atomic E-state index is 0.107. The molecule has 0 radical (unpaired) electrons. The maximum atomic E-state index is 13.0. The number of Topliss-reactive ketones (excluding diaryl/α,β-unsaturated/α-hetero) is 1. The summed E-state index contributed by atoms with van der Waals surface area (Å²) in [6.07, 6.45) is 0.291. The third-order valence-electron chi connectivity index (χ3n) is 2.12. The van der Waals surface area contributed by atoms with Crippen LogP contribution in [0.3, 0.4) is 0 Å². The lowest BCUT2D eigenvalue weighted by Crippen LogP contribution is -2.16. The Labute approximate surface area is 80.4 Å². The van der Waals surface area contributed by atoms with Gasteiger partial charge in [-0.05, 0) is 6.07 Å². The highest BCUT2D eigenvalue weighted by molar-refractivity contribution is 6.00. The van der Waals surface area contributed by atoms with Gasteiger partial charge in [0.15, 0.2) is 17.3 Å². The molecule has 2 rings (SSSR count). The molecule has 74 valence electrons. The monoisotopic (exact) mass is 196 g/mol. The Hall–Kier alpha value is -1.58. The molecule has 0 fully saturated rings. The van der Waals surface area contributed by atoms with Crippen LogP contribution >= 0.6 is 0 Å². The van der Waals surface area contributed by atoms with Gasteiger partial charge in [0.2, 0.25) is 0 Å². The van der Waals surface area contributed by atoms with E-state index < -0.39 is 5.82 Å². The number of ether oxygens (including phenoxy) is 2. The summed E-state index contributed by atoms with van der Waals surface area (Å²) in [6.45, 7) is 0.327. The second-order valence-electron chi connectivity index (χ2n) is 3.01. The minimum Gasteiger partial charge on any atom is -0.493 e. The first-order valence-electron chi connectivity index (χ1n) is 4.26. The summed E-state index contributed by atoms with van der Waals surface area (Å²) in [5, 5.41) is 0. The fourth-order valence-electron chi connectivity index (χ4n) is 1.46. The Morgan fingerprint density at radius 3 is 3.00 bits per heavy atom. The molecule has 1 aromatic rings. The lowest BCUT2D eigenvalue weighted by atomic mass is 10.0. The maximum Gasteiger partial charge on any atom is 0.172 e. The fraction of sp³-hybridized carbons (Fsp3) is 0.300. The van der Waals surface area contributed by atoms with E-state index in [-0.39, 0.29) is 17.1 Å². The van der Waals surface area contributed by atoms with E-state index >= 15 is 0 Å². The van der Waals surface area contributed by atoms with E-state index in [1.807, 2.05) is 0 Å². The van der Waals surface area contributed by atoms with Gasteiger partial charge >= 0.3 is 0 Å². The van der Waals surface area contributed by atoms with Gasteiger partial charge in [-0.25, -0.2) is 4.39 Å². The van der Waals surface area contributed by atoms with Crippen LogP contribution < -0.4 is 9.47 Å². The summed E-state index contributed by atoms with van der Waals surface area (Å²) < 4.78 is 23.2. The maximum absolute atomic E-state index is 13.0. The van der Waals surface area contributed by atoms with Gasteiger partial charge in [-0.2, -0.15) is 0 Å². The Bertz CT molecular complexity index is 387. The van der Waals surface area contributed by atoms with Gasteiger partial charge in [-0.15, -0.1) is 0 Å². The highest BCUT2D eigenvalue weighted by Gasteiger charge is 2.23. The second-order valence-corrected chi connectivity index (χ2v) is 3.01. The zero-order valence-corrected chi connectivity index (χ0v) is 7.67. The molecule has 14 heavy (non-hydrogen) atoms. The van der Waals surface area contributed by atoms with Gasteiger partial charge in [0.25, 0.3) is 0 Å². The number of carbonyl (C=O) groups is 1. The number of hydrogen-bond donors (Lipinski definition) is 0. The van der Waals surface area contributed by atoms with E-state index in [1.54, 1.807) is 0 Å². The number of carbonyl (C=O) groups excluding carboxylic acids is 1. The molecule has 0 unspecified atom stereocenters. The summed E-state index contributed by atoms with van der Waals surface area (Å²) in [7, 11) is 1.41. The van der Waals surface area contributed by atoms with Crippen molar-refractivity contribution in [3.63, 3.8) is 0 Å². The lowest BCUT2D eigenvalue weighted by Gasteiger charge is -2.18. The van der Waals surface area contributed by atoms with Gasteiger partial charge in [0.05, 0.1) is 19.3 Å². The number of methoxy groups -OCH3 is 1. The van der Waals surface area contributed by atoms with Gasteiger partial charge in [-0.3, -0.25) is 4.79 Å². The fourth-order valence-corrected chi connectivity index (χ4v) is 1.46. The van der Waals surface area contributed by atoms with Crippen LogP contribution in [0.2, 0.25) is 0 Å². The summed E-state index contributed by atoms with van der Waals surface area (Å²) in [4.78, 5) is 11.4. The van der Waals surface area contributed by atoms with Crippen LogP contribution in [0.25, 0.3) is 0 Å². The topological polar surface area (TPSA) is 35.5 Å². The molecule has 0 bridgehead atoms. The molecule has 0 saturated carbocycles.